The van der Waals surface area contributed by atoms with E-state index in [1.54, 1.807) is 12.1 Å². The van der Waals surface area contributed by atoms with Gasteiger partial charge in [0.1, 0.15) is 5.82 Å². The van der Waals surface area contributed by atoms with Gasteiger partial charge in [-0.1, -0.05) is 29.3 Å². The molecule has 0 radical (unpaired) electrons. The third kappa shape index (κ3) is 2.15. The van der Waals surface area contributed by atoms with E-state index in [0.717, 1.165) is 22.4 Å². The van der Waals surface area contributed by atoms with Crippen LogP contribution in [-0.2, 0) is 0 Å². The van der Waals surface area contributed by atoms with Gasteiger partial charge < -0.3 is 10.7 Å². The molecule has 96 valence electrons. The Kier molecular flexibility index (Phi) is 2.88. The second-order valence-electron chi connectivity index (χ2n) is 4.46. The summed E-state index contributed by atoms with van der Waals surface area (Å²) in [6, 6.07) is 9.56. The predicted molar refractivity (Wildman–Crippen MR) is 80.7 cm³/mol. The number of aromatic amines is 1. The second-order valence-corrected chi connectivity index (χ2v) is 5.27. The summed E-state index contributed by atoms with van der Waals surface area (Å²) >= 11 is 12.1. The van der Waals surface area contributed by atoms with E-state index in [1.165, 1.54) is 5.56 Å². The highest BCUT2D eigenvalue weighted by Crippen LogP contribution is 2.33. The van der Waals surface area contributed by atoms with E-state index in [2.05, 4.69) is 9.97 Å². The van der Waals surface area contributed by atoms with Crippen LogP contribution >= 0.6 is 23.2 Å². The van der Waals surface area contributed by atoms with Crippen molar-refractivity contribution in [2.75, 3.05) is 5.73 Å². The summed E-state index contributed by atoms with van der Waals surface area (Å²) in [5, 5.41) is 0.860. The van der Waals surface area contributed by atoms with Crippen LogP contribution in [0, 0.1) is 6.92 Å². The summed E-state index contributed by atoms with van der Waals surface area (Å²) in [6.45, 7) is 2.04. The number of nitrogen functional groups attached to an aromatic ring is 1. The fourth-order valence-electron chi connectivity index (χ4n) is 1.98. The molecule has 19 heavy (non-hydrogen) atoms. The van der Waals surface area contributed by atoms with Gasteiger partial charge in [-0.15, -0.1) is 0 Å². The lowest BCUT2D eigenvalue weighted by Crippen LogP contribution is -1.89. The maximum Gasteiger partial charge on any atom is 0.138 e. The van der Waals surface area contributed by atoms with Gasteiger partial charge in [0.05, 0.1) is 26.8 Å². The first kappa shape index (κ1) is 12.3. The molecular weight excluding hydrogens is 281 g/mol. The topological polar surface area (TPSA) is 54.7 Å². The molecule has 3 N–H and O–H groups in total. The van der Waals surface area contributed by atoms with E-state index >= 15 is 0 Å². The molecule has 0 aliphatic heterocycles. The fourth-order valence-corrected chi connectivity index (χ4v) is 2.47. The number of halogens is 2. The van der Waals surface area contributed by atoms with E-state index in [1.807, 2.05) is 25.1 Å². The minimum atomic E-state index is 0.388. The Morgan fingerprint density at radius 3 is 2.47 bits per heavy atom. The number of nitrogens with one attached hydrogen (secondary N) is 1. The van der Waals surface area contributed by atoms with Gasteiger partial charge in [0, 0.05) is 5.56 Å². The average molecular weight is 292 g/mol. The number of rotatable bonds is 1. The molecule has 0 atom stereocenters. The van der Waals surface area contributed by atoms with E-state index in [9.17, 15) is 0 Å². The van der Waals surface area contributed by atoms with Crippen molar-refractivity contribution in [1.29, 1.82) is 0 Å². The standard InChI is InChI=1S/C14H11Cl2N3/c1-7-2-3-11-12(4-7)19-14(18-11)8-5-9(15)13(17)10(16)6-8/h2-6H,17H2,1H3,(H,18,19). The zero-order valence-electron chi connectivity index (χ0n) is 10.2. The zero-order chi connectivity index (χ0) is 13.6. The van der Waals surface area contributed by atoms with E-state index in [0.29, 0.717) is 15.7 Å². The molecule has 0 aliphatic carbocycles. The van der Waals surface area contributed by atoms with Gasteiger partial charge in [-0.05, 0) is 36.8 Å². The summed E-state index contributed by atoms with van der Waals surface area (Å²) in [4.78, 5) is 7.78. The molecule has 0 aliphatic rings. The van der Waals surface area contributed by atoms with E-state index in [-0.39, 0.29) is 0 Å². The van der Waals surface area contributed by atoms with Crippen molar-refractivity contribution in [2.45, 2.75) is 6.92 Å². The Morgan fingerprint density at radius 1 is 1.11 bits per heavy atom. The molecule has 3 rings (SSSR count). The Bertz CT molecular complexity index is 754. The normalized spacial score (nSPS) is 11.1. The summed E-state index contributed by atoms with van der Waals surface area (Å²) in [5.74, 6) is 0.726. The van der Waals surface area contributed by atoms with Crippen LogP contribution in [0.2, 0.25) is 10.0 Å². The van der Waals surface area contributed by atoms with Crippen LogP contribution in [0.1, 0.15) is 5.56 Å². The van der Waals surface area contributed by atoms with Crippen LogP contribution in [0.25, 0.3) is 22.4 Å². The summed E-state index contributed by atoms with van der Waals surface area (Å²) in [7, 11) is 0. The number of hydrogen-bond acceptors (Lipinski definition) is 2. The molecule has 3 nitrogen and oxygen atoms in total. The average Bonchev–Trinajstić information content (AvgIpc) is 2.78. The number of imidazole rings is 1. The minimum Gasteiger partial charge on any atom is -0.396 e. The SMILES string of the molecule is Cc1ccc2nc(-c3cc(Cl)c(N)c(Cl)c3)[nH]c2c1. The molecule has 0 amide bonds. The van der Waals surface area contributed by atoms with Crippen LogP contribution in [0.3, 0.4) is 0 Å². The summed E-state index contributed by atoms with van der Waals surface area (Å²) in [5.41, 5.74) is 10.0. The monoisotopic (exact) mass is 291 g/mol. The quantitative estimate of drug-likeness (QED) is 0.652. The molecule has 0 unspecified atom stereocenters. The Balaban J connectivity index is 2.19. The Morgan fingerprint density at radius 2 is 1.79 bits per heavy atom. The van der Waals surface area contributed by atoms with Gasteiger partial charge in [0.2, 0.25) is 0 Å². The largest absolute Gasteiger partial charge is 0.396 e. The summed E-state index contributed by atoms with van der Waals surface area (Å²) < 4.78 is 0. The maximum absolute atomic E-state index is 6.04. The van der Waals surface area contributed by atoms with Gasteiger partial charge in [-0.25, -0.2) is 4.98 Å². The molecule has 5 heteroatoms. The number of nitrogens with zero attached hydrogens (tertiary/aromatic N) is 1. The highest BCUT2D eigenvalue weighted by Gasteiger charge is 2.10. The van der Waals surface area contributed by atoms with Crippen LogP contribution < -0.4 is 5.73 Å². The lowest BCUT2D eigenvalue weighted by Gasteiger charge is -2.03. The lowest BCUT2D eigenvalue weighted by atomic mass is 10.2. The van der Waals surface area contributed by atoms with Crippen LogP contribution in [-0.4, -0.2) is 9.97 Å². The molecule has 3 aromatic rings. The molecule has 2 aromatic carbocycles. The van der Waals surface area contributed by atoms with Crippen molar-refractivity contribution in [3.8, 4) is 11.4 Å². The van der Waals surface area contributed by atoms with E-state index < -0.39 is 0 Å². The fraction of sp³-hybridized carbons (Fsp3) is 0.0714. The first-order chi connectivity index (χ1) is 9.04. The number of aryl methyl sites for hydroxylation is 1. The highest BCUT2D eigenvalue weighted by molar-refractivity contribution is 6.39. The molecule has 0 saturated heterocycles. The number of anilines is 1. The molecule has 0 bridgehead atoms. The maximum atomic E-state index is 6.04. The van der Waals surface area contributed by atoms with Crippen molar-refractivity contribution >= 4 is 39.9 Å². The molecule has 1 aromatic heterocycles. The van der Waals surface area contributed by atoms with Gasteiger partial charge in [0.25, 0.3) is 0 Å². The Hall–Kier alpha value is -1.71. The number of nitrogens with two attached hydrogens (primary N) is 1. The molecule has 0 saturated carbocycles. The zero-order valence-corrected chi connectivity index (χ0v) is 11.7. The Labute approximate surface area is 120 Å². The van der Waals surface area contributed by atoms with Gasteiger partial charge in [0.15, 0.2) is 0 Å². The number of aromatic nitrogens is 2. The van der Waals surface area contributed by atoms with Gasteiger partial charge in [-0.3, -0.25) is 0 Å². The van der Waals surface area contributed by atoms with Crippen molar-refractivity contribution < 1.29 is 0 Å². The molecule has 0 spiro atoms. The van der Waals surface area contributed by atoms with Gasteiger partial charge in [-0.2, -0.15) is 0 Å². The molecule has 0 fully saturated rings. The van der Waals surface area contributed by atoms with Crippen LogP contribution in [0.5, 0.6) is 0 Å². The second kappa shape index (κ2) is 4.44. The van der Waals surface area contributed by atoms with Gasteiger partial charge >= 0.3 is 0 Å². The third-order valence-corrected chi connectivity index (χ3v) is 3.62. The number of benzene rings is 2. The van der Waals surface area contributed by atoms with Crippen LogP contribution in [0.4, 0.5) is 5.69 Å². The third-order valence-electron chi connectivity index (χ3n) is 2.99. The van der Waals surface area contributed by atoms with Crippen molar-refractivity contribution in [1.82, 2.24) is 9.97 Å². The summed E-state index contributed by atoms with van der Waals surface area (Å²) in [6.07, 6.45) is 0. The smallest absolute Gasteiger partial charge is 0.138 e. The van der Waals surface area contributed by atoms with E-state index in [4.69, 9.17) is 28.9 Å². The van der Waals surface area contributed by atoms with Crippen molar-refractivity contribution in [2.24, 2.45) is 0 Å². The number of hydrogen-bond donors (Lipinski definition) is 2. The van der Waals surface area contributed by atoms with Crippen molar-refractivity contribution in [3.05, 3.63) is 45.9 Å². The highest BCUT2D eigenvalue weighted by atomic mass is 35.5. The van der Waals surface area contributed by atoms with Crippen molar-refractivity contribution in [3.63, 3.8) is 0 Å². The number of H-pyrrole nitrogens is 1. The predicted octanol–water partition coefficient (Wildman–Crippen LogP) is 4.43. The van der Waals surface area contributed by atoms with Crippen LogP contribution in [0.15, 0.2) is 30.3 Å². The number of fused-ring (bicyclic) bond motifs is 1. The minimum absolute atomic E-state index is 0.388. The molecular formula is C14H11Cl2N3. The first-order valence-electron chi connectivity index (χ1n) is 5.76. The first-order valence-corrected chi connectivity index (χ1v) is 6.51. The lowest BCUT2D eigenvalue weighted by molar-refractivity contribution is 1.34. The molecule has 1 heterocycles.